The Hall–Kier alpha value is -4.02. The van der Waals surface area contributed by atoms with E-state index in [9.17, 15) is 24.0 Å². The summed E-state index contributed by atoms with van der Waals surface area (Å²) in [7, 11) is 3.69. The Bertz CT molecular complexity index is 994. The number of anilines is 1. The Kier molecular flexibility index (Phi) is 6.80. The van der Waals surface area contributed by atoms with Crippen molar-refractivity contribution >= 4 is 29.5 Å². The maximum atomic E-state index is 12.1. The third-order valence-electron chi connectivity index (χ3n) is 3.56. The number of aryl methyl sites for hydroxylation is 1. The molecule has 11 heteroatoms. The van der Waals surface area contributed by atoms with E-state index in [-0.39, 0.29) is 22.5 Å². The van der Waals surface area contributed by atoms with Crippen LogP contribution in [0.5, 0.6) is 0 Å². The quantitative estimate of drug-likeness (QED) is 0.526. The minimum Gasteiger partial charge on any atom is -0.465 e. The van der Waals surface area contributed by atoms with Gasteiger partial charge in [0.25, 0.3) is 11.5 Å². The summed E-state index contributed by atoms with van der Waals surface area (Å²) in [5.74, 6) is -3.09. The Morgan fingerprint density at radius 2 is 1.55 bits per heavy atom. The second-order valence-corrected chi connectivity index (χ2v) is 5.59. The minimum atomic E-state index is -0.908. The van der Waals surface area contributed by atoms with Gasteiger partial charge in [0, 0.05) is 18.8 Å². The summed E-state index contributed by atoms with van der Waals surface area (Å²) in [5, 5.41) is 6.11. The fourth-order valence-electron chi connectivity index (χ4n) is 2.18. The fraction of sp³-hybridized carbons (Fsp3) is 0.222. The normalized spacial score (nSPS) is 10.0. The van der Waals surface area contributed by atoms with Crippen molar-refractivity contribution in [2.45, 2.75) is 0 Å². The zero-order chi connectivity index (χ0) is 21.6. The van der Waals surface area contributed by atoms with Crippen molar-refractivity contribution in [1.82, 2.24) is 9.78 Å². The molecule has 2 aromatic rings. The molecule has 1 amide bonds. The predicted octanol–water partition coefficient (Wildman–Crippen LogP) is 0.149. The fourth-order valence-corrected chi connectivity index (χ4v) is 2.18. The minimum absolute atomic E-state index is 0.0112. The molecule has 0 atom stereocenters. The topological polar surface area (TPSA) is 143 Å². The number of nitrogens with zero attached hydrogens (tertiary/aromatic N) is 2. The molecule has 0 aliphatic rings. The van der Waals surface area contributed by atoms with E-state index in [0.717, 1.165) is 25.0 Å². The van der Waals surface area contributed by atoms with Crippen molar-refractivity contribution in [3.8, 4) is 0 Å². The number of amides is 1. The Morgan fingerprint density at radius 3 is 2.07 bits per heavy atom. The monoisotopic (exact) mass is 403 g/mol. The zero-order valence-corrected chi connectivity index (χ0v) is 15.8. The molecule has 2 rings (SSSR count). The van der Waals surface area contributed by atoms with Gasteiger partial charge in [-0.05, 0) is 24.3 Å². The average Bonchev–Trinajstić information content (AvgIpc) is 2.72. The molecule has 1 aromatic carbocycles. The lowest BCUT2D eigenvalue weighted by Crippen LogP contribution is -2.24. The largest absolute Gasteiger partial charge is 0.465 e. The van der Waals surface area contributed by atoms with Gasteiger partial charge in [-0.2, -0.15) is 5.10 Å². The lowest BCUT2D eigenvalue weighted by molar-refractivity contribution is -0.119. The first-order valence-electron chi connectivity index (χ1n) is 8.08. The van der Waals surface area contributed by atoms with E-state index in [2.05, 4.69) is 19.9 Å². The number of hydrogen-bond donors (Lipinski definition) is 1. The molecule has 1 aromatic heterocycles. The second kappa shape index (κ2) is 9.26. The van der Waals surface area contributed by atoms with E-state index in [0.29, 0.717) is 0 Å². The summed E-state index contributed by atoms with van der Waals surface area (Å²) in [5.41, 5.74) is -0.449. The van der Waals surface area contributed by atoms with Crippen LogP contribution in [0.3, 0.4) is 0 Å². The number of benzene rings is 1. The summed E-state index contributed by atoms with van der Waals surface area (Å²) >= 11 is 0. The first-order chi connectivity index (χ1) is 13.7. The zero-order valence-electron chi connectivity index (χ0n) is 15.8. The van der Waals surface area contributed by atoms with E-state index in [1.807, 2.05) is 0 Å². The Morgan fingerprint density at radius 1 is 0.966 bits per heavy atom. The van der Waals surface area contributed by atoms with Crippen LogP contribution in [0.25, 0.3) is 0 Å². The molecule has 0 aliphatic carbocycles. The molecule has 0 fully saturated rings. The van der Waals surface area contributed by atoms with Gasteiger partial charge in [-0.15, -0.1) is 0 Å². The maximum Gasteiger partial charge on any atom is 0.359 e. The maximum absolute atomic E-state index is 12.1. The van der Waals surface area contributed by atoms with Crippen molar-refractivity contribution in [2.75, 3.05) is 26.1 Å². The van der Waals surface area contributed by atoms with E-state index in [1.54, 1.807) is 0 Å². The Labute approximate surface area is 164 Å². The van der Waals surface area contributed by atoms with Crippen LogP contribution in [-0.2, 0) is 26.1 Å². The summed E-state index contributed by atoms with van der Waals surface area (Å²) in [6, 6.07) is 6.12. The number of ether oxygens (including phenoxy) is 3. The van der Waals surface area contributed by atoms with Crippen LogP contribution in [-0.4, -0.2) is 54.4 Å². The molecule has 0 unspecified atom stereocenters. The van der Waals surface area contributed by atoms with Gasteiger partial charge in [0.15, 0.2) is 12.3 Å². The number of hydrogen-bond acceptors (Lipinski definition) is 9. The molecule has 1 N–H and O–H groups in total. The molecule has 0 radical (unpaired) electrons. The van der Waals surface area contributed by atoms with E-state index in [4.69, 9.17) is 4.74 Å². The van der Waals surface area contributed by atoms with Crippen molar-refractivity contribution in [3.05, 3.63) is 57.5 Å². The number of nitrogens with one attached hydrogen (secondary N) is 1. The number of esters is 3. The van der Waals surface area contributed by atoms with Crippen LogP contribution in [0.15, 0.2) is 35.1 Å². The summed E-state index contributed by atoms with van der Waals surface area (Å²) in [6.45, 7) is -0.667. The standard InChI is InChI=1S/C18H17N3O8/c1-21-15(23)5-4-13(20-21)18(26)29-9-14(22)19-12-7-10(16(24)27-2)6-11(8-12)17(25)28-3/h4-8H,9H2,1-3H3,(H,19,22). The molecular formula is C18H17N3O8. The predicted molar refractivity (Wildman–Crippen MR) is 97.5 cm³/mol. The molecule has 11 nitrogen and oxygen atoms in total. The smallest absolute Gasteiger partial charge is 0.359 e. The van der Waals surface area contributed by atoms with Gasteiger partial charge in [0.05, 0.1) is 25.3 Å². The van der Waals surface area contributed by atoms with Gasteiger partial charge in [0.1, 0.15) is 0 Å². The SMILES string of the molecule is COC(=O)c1cc(NC(=O)COC(=O)c2ccc(=O)n(C)n2)cc(C(=O)OC)c1. The number of aromatic nitrogens is 2. The molecule has 0 saturated carbocycles. The van der Waals surface area contributed by atoms with E-state index >= 15 is 0 Å². The van der Waals surface area contributed by atoms with Crippen LogP contribution in [0.1, 0.15) is 31.2 Å². The molecule has 1 heterocycles. The van der Waals surface area contributed by atoms with Crippen LogP contribution < -0.4 is 10.9 Å². The van der Waals surface area contributed by atoms with Gasteiger partial charge >= 0.3 is 17.9 Å². The van der Waals surface area contributed by atoms with Gasteiger partial charge in [-0.3, -0.25) is 9.59 Å². The van der Waals surface area contributed by atoms with Crippen LogP contribution in [0, 0.1) is 0 Å². The van der Waals surface area contributed by atoms with Crippen molar-refractivity contribution < 1.29 is 33.4 Å². The highest BCUT2D eigenvalue weighted by Crippen LogP contribution is 2.17. The third kappa shape index (κ3) is 5.48. The first kappa shape index (κ1) is 21.3. The van der Waals surface area contributed by atoms with Gasteiger partial charge in [-0.25, -0.2) is 19.1 Å². The van der Waals surface area contributed by atoms with Gasteiger partial charge in [-0.1, -0.05) is 0 Å². The van der Waals surface area contributed by atoms with Gasteiger partial charge < -0.3 is 19.5 Å². The summed E-state index contributed by atoms with van der Waals surface area (Å²) in [4.78, 5) is 58.8. The average molecular weight is 403 g/mol. The highest BCUT2D eigenvalue weighted by molar-refractivity contribution is 6.00. The van der Waals surface area contributed by atoms with E-state index < -0.39 is 36.0 Å². The number of methoxy groups -OCH3 is 2. The highest BCUT2D eigenvalue weighted by Gasteiger charge is 2.16. The first-order valence-corrected chi connectivity index (χ1v) is 8.08. The molecule has 0 saturated heterocycles. The highest BCUT2D eigenvalue weighted by atomic mass is 16.5. The molecule has 0 aliphatic heterocycles. The molecule has 29 heavy (non-hydrogen) atoms. The summed E-state index contributed by atoms with van der Waals surface area (Å²) < 4.78 is 15.0. The lowest BCUT2D eigenvalue weighted by Gasteiger charge is -2.10. The summed E-state index contributed by atoms with van der Waals surface area (Å²) in [6.07, 6.45) is 0. The van der Waals surface area contributed by atoms with Crippen LogP contribution in [0.2, 0.25) is 0 Å². The van der Waals surface area contributed by atoms with Crippen LogP contribution >= 0.6 is 0 Å². The lowest BCUT2D eigenvalue weighted by atomic mass is 10.1. The van der Waals surface area contributed by atoms with Crippen molar-refractivity contribution in [3.63, 3.8) is 0 Å². The number of carbonyl (C=O) groups is 4. The third-order valence-corrected chi connectivity index (χ3v) is 3.56. The number of rotatable bonds is 6. The molecule has 152 valence electrons. The van der Waals surface area contributed by atoms with Crippen LogP contribution in [0.4, 0.5) is 5.69 Å². The van der Waals surface area contributed by atoms with Gasteiger partial charge in [0.2, 0.25) is 0 Å². The molecule has 0 bridgehead atoms. The van der Waals surface area contributed by atoms with Crippen molar-refractivity contribution in [1.29, 1.82) is 0 Å². The second-order valence-electron chi connectivity index (χ2n) is 5.59. The molecule has 0 spiro atoms. The molecular weight excluding hydrogens is 386 g/mol. The Balaban J connectivity index is 2.10. The van der Waals surface area contributed by atoms with E-state index in [1.165, 1.54) is 31.3 Å². The number of carbonyl (C=O) groups excluding carboxylic acids is 4. The van der Waals surface area contributed by atoms with Crippen molar-refractivity contribution in [2.24, 2.45) is 7.05 Å².